The van der Waals surface area contributed by atoms with E-state index in [9.17, 15) is 9.59 Å². The summed E-state index contributed by atoms with van der Waals surface area (Å²) < 4.78 is 8.31. The summed E-state index contributed by atoms with van der Waals surface area (Å²) >= 11 is 6.01. The SMILES string of the molecule is CCCCn1c(=O)n(CCCc2nc(C(c3ccccc3)c3ccccc3)no2)c(=O)c2[nH]c(Cl)nc21. The van der Waals surface area contributed by atoms with E-state index in [4.69, 9.17) is 16.1 Å². The number of aromatic nitrogens is 6. The maximum atomic E-state index is 13.1. The first kappa shape index (κ1) is 24.7. The number of halogens is 1. The Labute approximate surface area is 217 Å². The van der Waals surface area contributed by atoms with E-state index < -0.39 is 11.2 Å². The topological polar surface area (TPSA) is 112 Å². The highest BCUT2D eigenvalue weighted by Gasteiger charge is 2.22. The molecule has 9 nitrogen and oxygen atoms in total. The fourth-order valence-electron chi connectivity index (χ4n) is 4.51. The van der Waals surface area contributed by atoms with Gasteiger partial charge in [-0.1, -0.05) is 79.2 Å². The Balaban J connectivity index is 1.37. The first-order valence-electron chi connectivity index (χ1n) is 12.4. The number of nitrogens with zero attached hydrogens (tertiary/aromatic N) is 5. The third kappa shape index (κ3) is 5.13. The van der Waals surface area contributed by atoms with E-state index in [0.717, 1.165) is 24.0 Å². The van der Waals surface area contributed by atoms with Crippen molar-refractivity contribution in [2.45, 2.75) is 51.6 Å². The van der Waals surface area contributed by atoms with Gasteiger partial charge in [0.15, 0.2) is 17.0 Å². The summed E-state index contributed by atoms with van der Waals surface area (Å²) in [6, 6.07) is 20.1. The molecule has 0 atom stereocenters. The van der Waals surface area contributed by atoms with Crippen molar-refractivity contribution in [3.05, 3.63) is 110 Å². The molecule has 5 aromatic rings. The highest BCUT2D eigenvalue weighted by Crippen LogP contribution is 2.29. The summed E-state index contributed by atoms with van der Waals surface area (Å²) in [5, 5.41) is 4.36. The van der Waals surface area contributed by atoms with E-state index in [1.54, 1.807) is 0 Å². The number of hydrogen-bond acceptors (Lipinski definition) is 6. The zero-order valence-electron chi connectivity index (χ0n) is 20.4. The van der Waals surface area contributed by atoms with E-state index in [-0.39, 0.29) is 23.3 Å². The number of imidazole rings is 1. The minimum atomic E-state index is -0.438. The minimum Gasteiger partial charge on any atom is -0.339 e. The van der Waals surface area contributed by atoms with Crippen LogP contribution in [0.2, 0.25) is 5.28 Å². The molecule has 3 aromatic heterocycles. The highest BCUT2D eigenvalue weighted by molar-refractivity contribution is 6.28. The Morgan fingerprint density at radius 3 is 2.22 bits per heavy atom. The van der Waals surface area contributed by atoms with Crippen molar-refractivity contribution in [3.63, 3.8) is 0 Å². The Morgan fingerprint density at radius 2 is 1.57 bits per heavy atom. The summed E-state index contributed by atoms with van der Waals surface area (Å²) in [4.78, 5) is 37.8. The number of H-pyrrole nitrogens is 1. The Morgan fingerprint density at radius 1 is 0.919 bits per heavy atom. The fourth-order valence-corrected chi connectivity index (χ4v) is 4.68. The second kappa shape index (κ2) is 11.0. The number of aryl methyl sites for hydroxylation is 2. The molecule has 0 aliphatic rings. The predicted octanol–water partition coefficient (Wildman–Crippen LogP) is 4.54. The van der Waals surface area contributed by atoms with Crippen molar-refractivity contribution >= 4 is 22.8 Å². The van der Waals surface area contributed by atoms with Crippen LogP contribution < -0.4 is 11.2 Å². The quantitative estimate of drug-likeness (QED) is 0.272. The predicted molar refractivity (Wildman–Crippen MR) is 141 cm³/mol. The van der Waals surface area contributed by atoms with Crippen LogP contribution in [0.4, 0.5) is 0 Å². The van der Waals surface area contributed by atoms with Gasteiger partial charge < -0.3 is 9.51 Å². The largest absolute Gasteiger partial charge is 0.339 e. The number of unbranched alkanes of at least 4 members (excludes halogenated alkanes) is 1. The van der Waals surface area contributed by atoms with Crippen molar-refractivity contribution < 1.29 is 4.52 Å². The van der Waals surface area contributed by atoms with Crippen molar-refractivity contribution in [2.24, 2.45) is 0 Å². The van der Waals surface area contributed by atoms with Crippen molar-refractivity contribution in [1.29, 1.82) is 0 Å². The molecule has 0 aliphatic heterocycles. The van der Waals surface area contributed by atoms with Crippen LogP contribution in [0.5, 0.6) is 0 Å². The van der Waals surface area contributed by atoms with Crippen LogP contribution in [0.15, 0.2) is 74.8 Å². The lowest BCUT2D eigenvalue weighted by atomic mass is 9.91. The summed E-state index contributed by atoms with van der Waals surface area (Å²) in [7, 11) is 0. The maximum absolute atomic E-state index is 13.1. The number of benzene rings is 2. The van der Waals surface area contributed by atoms with Crippen LogP contribution in [-0.2, 0) is 19.5 Å². The lowest BCUT2D eigenvalue weighted by Gasteiger charge is -2.14. The molecule has 0 radical (unpaired) electrons. The van der Waals surface area contributed by atoms with Gasteiger partial charge in [-0.2, -0.15) is 9.97 Å². The van der Waals surface area contributed by atoms with Crippen LogP contribution >= 0.6 is 11.6 Å². The molecule has 1 N–H and O–H groups in total. The van der Waals surface area contributed by atoms with Gasteiger partial charge in [0.05, 0.1) is 5.92 Å². The molecule has 0 spiro atoms. The van der Waals surface area contributed by atoms with E-state index in [1.165, 1.54) is 9.13 Å². The summed E-state index contributed by atoms with van der Waals surface area (Å²) in [5.74, 6) is 0.859. The standard InChI is InChI=1S/C27H27ClN6O3/c1-2-3-16-33-24-22(30-26(28)31-24)25(35)34(27(33)36)17-10-15-20-29-23(32-37-20)21(18-11-6-4-7-12-18)19-13-8-5-9-14-19/h4-9,11-14,21H,2-3,10,15-17H2,1H3,(H,30,31). The molecule has 2 aromatic carbocycles. The average molecular weight is 519 g/mol. The Hall–Kier alpha value is -3.98. The molecule has 0 aliphatic carbocycles. The highest BCUT2D eigenvalue weighted by atomic mass is 35.5. The van der Waals surface area contributed by atoms with Gasteiger partial charge in [-0.05, 0) is 35.6 Å². The number of fused-ring (bicyclic) bond motifs is 1. The molecular formula is C27H27ClN6O3. The van der Waals surface area contributed by atoms with Gasteiger partial charge in [-0.25, -0.2) is 4.79 Å². The number of aromatic amines is 1. The van der Waals surface area contributed by atoms with Crippen LogP contribution in [-0.4, -0.2) is 29.2 Å². The normalized spacial score (nSPS) is 11.5. The van der Waals surface area contributed by atoms with E-state index in [0.29, 0.717) is 36.7 Å². The lowest BCUT2D eigenvalue weighted by molar-refractivity contribution is 0.366. The summed E-state index contributed by atoms with van der Waals surface area (Å²) in [6.45, 7) is 2.70. The van der Waals surface area contributed by atoms with E-state index >= 15 is 0 Å². The van der Waals surface area contributed by atoms with Gasteiger partial charge in [0.25, 0.3) is 5.56 Å². The number of nitrogens with one attached hydrogen (secondary N) is 1. The first-order chi connectivity index (χ1) is 18.1. The van der Waals surface area contributed by atoms with Crippen LogP contribution in [0.3, 0.4) is 0 Å². The molecule has 0 saturated heterocycles. The smallest absolute Gasteiger partial charge is 0.332 e. The van der Waals surface area contributed by atoms with Crippen LogP contribution in [0.1, 0.15) is 54.9 Å². The second-order valence-corrected chi connectivity index (χ2v) is 9.23. The van der Waals surface area contributed by atoms with Crippen LogP contribution in [0, 0.1) is 0 Å². The lowest BCUT2D eigenvalue weighted by Crippen LogP contribution is -2.40. The van der Waals surface area contributed by atoms with Gasteiger partial charge in [0, 0.05) is 19.5 Å². The van der Waals surface area contributed by atoms with E-state index in [2.05, 4.69) is 20.1 Å². The third-order valence-electron chi connectivity index (χ3n) is 6.35. The second-order valence-electron chi connectivity index (χ2n) is 8.88. The molecule has 0 bridgehead atoms. The molecular weight excluding hydrogens is 492 g/mol. The zero-order valence-corrected chi connectivity index (χ0v) is 21.2. The van der Waals surface area contributed by atoms with Gasteiger partial charge in [0.2, 0.25) is 11.2 Å². The molecule has 10 heteroatoms. The molecule has 0 unspecified atom stereocenters. The fraction of sp³-hybridized carbons (Fsp3) is 0.296. The molecule has 190 valence electrons. The number of hydrogen-bond donors (Lipinski definition) is 1. The molecule has 5 rings (SSSR count). The minimum absolute atomic E-state index is 0.0827. The molecule has 0 fully saturated rings. The Kier molecular flexibility index (Phi) is 7.32. The molecule has 0 saturated carbocycles. The van der Waals surface area contributed by atoms with E-state index in [1.807, 2.05) is 67.6 Å². The molecule has 37 heavy (non-hydrogen) atoms. The monoisotopic (exact) mass is 518 g/mol. The van der Waals surface area contributed by atoms with Crippen molar-refractivity contribution in [1.82, 2.24) is 29.2 Å². The zero-order chi connectivity index (χ0) is 25.8. The van der Waals surface area contributed by atoms with Gasteiger partial charge in [-0.15, -0.1) is 0 Å². The van der Waals surface area contributed by atoms with Gasteiger partial charge in [0.1, 0.15) is 0 Å². The average Bonchev–Trinajstić information content (AvgIpc) is 3.54. The summed E-state index contributed by atoms with van der Waals surface area (Å²) in [6.07, 6.45) is 2.58. The third-order valence-corrected chi connectivity index (χ3v) is 6.53. The van der Waals surface area contributed by atoms with Crippen molar-refractivity contribution in [3.8, 4) is 0 Å². The first-order valence-corrected chi connectivity index (χ1v) is 12.8. The summed E-state index contributed by atoms with van der Waals surface area (Å²) in [5.41, 5.74) is 1.81. The molecule has 0 amide bonds. The van der Waals surface area contributed by atoms with Crippen LogP contribution in [0.25, 0.3) is 11.2 Å². The number of rotatable bonds is 10. The van der Waals surface area contributed by atoms with Crippen molar-refractivity contribution in [2.75, 3.05) is 0 Å². The maximum Gasteiger partial charge on any atom is 0.332 e. The molecule has 3 heterocycles. The van der Waals surface area contributed by atoms with Gasteiger partial charge in [-0.3, -0.25) is 13.9 Å². The van der Waals surface area contributed by atoms with Gasteiger partial charge >= 0.3 is 5.69 Å². The Bertz CT molecular complexity index is 1560.